The van der Waals surface area contributed by atoms with E-state index in [4.69, 9.17) is 4.74 Å². The molecule has 24 heavy (non-hydrogen) atoms. The van der Waals surface area contributed by atoms with Gasteiger partial charge >= 0.3 is 5.97 Å². The number of nitrogens with zero attached hydrogens (tertiary/aromatic N) is 1. The summed E-state index contributed by atoms with van der Waals surface area (Å²) in [5.74, 6) is -0.231. The van der Waals surface area contributed by atoms with Gasteiger partial charge in [0.05, 0.1) is 12.2 Å². The highest BCUT2D eigenvalue weighted by Crippen LogP contribution is 2.40. The number of aliphatic imine (C=N–C) groups is 1. The van der Waals surface area contributed by atoms with Gasteiger partial charge in [0.1, 0.15) is 5.00 Å². The van der Waals surface area contributed by atoms with Gasteiger partial charge in [0.2, 0.25) is 0 Å². The molecule has 0 aliphatic heterocycles. The SMILES string of the molecule is CCOC(=O)c1c(/N=C/c2ccc(CC)cc2)sc2c1CCCC2. The molecule has 0 radical (unpaired) electrons. The zero-order valence-electron chi connectivity index (χ0n) is 14.3. The first-order valence-electron chi connectivity index (χ1n) is 8.67. The third-order valence-corrected chi connectivity index (χ3v) is 5.55. The van der Waals surface area contributed by atoms with E-state index in [-0.39, 0.29) is 5.97 Å². The van der Waals surface area contributed by atoms with Crippen LogP contribution in [0.25, 0.3) is 0 Å². The lowest BCUT2D eigenvalue weighted by molar-refractivity contribution is 0.0526. The lowest BCUT2D eigenvalue weighted by Gasteiger charge is -2.11. The minimum atomic E-state index is -0.231. The summed E-state index contributed by atoms with van der Waals surface area (Å²) in [6.45, 7) is 4.38. The second-order valence-corrected chi connectivity index (χ2v) is 7.05. The van der Waals surface area contributed by atoms with Gasteiger partial charge < -0.3 is 4.74 Å². The molecule has 3 rings (SSSR count). The van der Waals surface area contributed by atoms with Crippen LogP contribution in [0.2, 0.25) is 0 Å². The Balaban J connectivity index is 1.92. The number of rotatable bonds is 5. The zero-order chi connectivity index (χ0) is 16.9. The number of hydrogen-bond acceptors (Lipinski definition) is 4. The van der Waals surface area contributed by atoms with Gasteiger partial charge in [-0.3, -0.25) is 0 Å². The first kappa shape index (κ1) is 16.9. The van der Waals surface area contributed by atoms with Crippen LogP contribution < -0.4 is 0 Å². The predicted octanol–water partition coefficient (Wildman–Crippen LogP) is 5.12. The number of aryl methyl sites for hydroxylation is 2. The van der Waals surface area contributed by atoms with E-state index in [2.05, 4.69) is 36.2 Å². The molecule has 0 spiro atoms. The molecule has 0 fully saturated rings. The average Bonchev–Trinajstić information content (AvgIpc) is 2.99. The highest BCUT2D eigenvalue weighted by Gasteiger charge is 2.25. The Morgan fingerprint density at radius 2 is 1.96 bits per heavy atom. The van der Waals surface area contributed by atoms with E-state index in [1.54, 1.807) is 11.3 Å². The summed E-state index contributed by atoms with van der Waals surface area (Å²) in [6.07, 6.45) is 7.21. The van der Waals surface area contributed by atoms with Gasteiger partial charge in [-0.1, -0.05) is 31.2 Å². The quantitative estimate of drug-likeness (QED) is 0.559. The van der Waals surface area contributed by atoms with E-state index in [9.17, 15) is 4.79 Å². The van der Waals surface area contributed by atoms with Crippen LogP contribution in [-0.2, 0) is 24.0 Å². The van der Waals surface area contributed by atoms with Gasteiger partial charge in [-0.05, 0) is 55.7 Å². The minimum absolute atomic E-state index is 0.231. The maximum Gasteiger partial charge on any atom is 0.341 e. The number of carbonyl (C=O) groups excluding carboxylic acids is 1. The van der Waals surface area contributed by atoms with Crippen LogP contribution in [0, 0.1) is 0 Å². The Hall–Kier alpha value is -1.94. The van der Waals surface area contributed by atoms with E-state index < -0.39 is 0 Å². The van der Waals surface area contributed by atoms with Crippen molar-refractivity contribution in [2.24, 2.45) is 4.99 Å². The molecule has 0 amide bonds. The van der Waals surface area contributed by atoms with Crippen molar-refractivity contribution in [1.29, 1.82) is 0 Å². The number of hydrogen-bond donors (Lipinski definition) is 0. The highest BCUT2D eigenvalue weighted by molar-refractivity contribution is 7.16. The summed E-state index contributed by atoms with van der Waals surface area (Å²) in [5.41, 5.74) is 4.22. The standard InChI is InChI=1S/C20H23NO2S/c1-3-14-9-11-15(12-10-14)13-21-19-18(20(22)23-4-2)16-7-5-6-8-17(16)24-19/h9-13H,3-8H2,1-2H3/b21-13+. The topological polar surface area (TPSA) is 38.7 Å². The molecule has 1 heterocycles. The van der Waals surface area contributed by atoms with Crippen LogP contribution in [0.5, 0.6) is 0 Å². The molecule has 0 saturated carbocycles. The number of carbonyl (C=O) groups is 1. The Labute approximate surface area is 147 Å². The second-order valence-electron chi connectivity index (χ2n) is 5.96. The molecule has 3 nitrogen and oxygen atoms in total. The Morgan fingerprint density at radius 1 is 1.21 bits per heavy atom. The summed E-state index contributed by atoms with van der Waals surface area (Å²) < 4.78 is 5.27. The fourth-order valence-electron chi connectivity index (χ4n) is 3.03. The van der Waals surface area contributed by atoms with Crippen molar-refractivity contribution in [3.8, 4) is 0 Å². The Morgan fingerprint density at radius 3 is 2.67 bits per heavy atom. The summed E-state index contributed by atoms with van der Waals surface area (Å²) in [7, 11) is 0. The molecule has 0 unspecified atom stereocenters. The zero-order valence-corrected chi connectivity index (χ0v) is 15.1. The normalized spacial score (nSPS) is 13.9. The first-order valence-corrected chi connectivity index (χ1v) is 9.49. The molecule has 0 saturated heterocycles. The largest absolute Gasteiger partial charge is 0.462 e. The fraction of sp³-hybridized carbons (Fsp3) is 0.400. The maximum atomic E-state index is 12.4. The van der Waals surface area contributed by atoms with E-state index in [1.165, 1.54) is 16.9 Å². The van der Waals surface area contributed by atoms with E-state index in [0.717, 1.165) is 41.8 Å². The summed E-state index contributed by atoms with van der Waals surface area (Å²) in [4.78, 5) is 18.3. The van der Waals surface area contributed by atoms with Crippen LogP contribution in [0.1, 0.15) is 58.6 Å². The fourth-order valence-corrected chi connectivity index (χ4v) is 4.25. The Bertz CT molecular complexity index is 744. The second kappa shape index (κ2) is 7.75. The summed E-state index contributed by atoms with van der Waals surface area (Å²) in [5, 5.41) is 0.792. The molecule has 2 aromatic rings. The molecule has 1 aliphatic carbocycles. The molecular weight excluding hydrogens is 318 g/mol. The highest BCUT2D eigenvalue weighted by atomic mass is 32.1. The minimum Gasteiger partial charge on any atom is -0.462 e. The smallest absolute Gasteiger partial charge is 0.341 e. The third-order valence-electron chi connectivity index (χ3n) is 4.35. The van der Waals surface area contributed by atoms with Crippen LogP contribution >= 0.6 is 11.3 Å². The van der Waals surface area contributed by atoms with Crippen LogP contribution in [-0.4, -0.2) is 18.8 Å². The molecule has 4 heteroatoms. The number of ether oxygens (including phenoxy) is 1. The van der Waals surface area contributed by atoms with Crippen LogP contribution in [0.3, 0.4) is 0 Å². The average molecular weight is 341 g/mol. The van der Waals surface area contributed by atoms with E-state index in [0.29, 0.717) is 12.2 Å². The number of thiophene rings is 1. The number of fused-ring (bicyclic) bond motifs is 1. The monoisotopic (exact) mass is 341 g/mol. The van der Waals surface area contributed by atoms with Crippen molar-refractivity contribution in [3.05, 3.63) is 51.4 Å². The lowest BCUT2D eigenvalue weighted by atomic mass is 9.95. The lowest BCUT2D eigenvalue weighted by Crippen LogP contribution is -2.09. The van der Waals surface area contributed by atoms with Crippen molar-refractivity contribution in [3.63, 3.8) is 0 Å². The molecule has 126 valence electrons. The molecule has 1 aliphatic rings. The van der Waals surface area contributed by atoms with Crippen LogP contribution in [0.15, 0.2) is 29.3 Å². The van der Waals surface area contributed by atoms with Gasteiger partial charge in [-0.25, -0.2) is 9.79 Å². The van der Waals surface area contributed by atoms with Gasteiger partial charge in [0.15, 0.2) is 0 Å². The van der Waals surface area contributed by atoms with Crippen molar-refractivity contribution in [2.75, 3.05) is 6.61 Å². The van der Waals surface area contributed by atoms with Gasteiger partial charge in [-0.15, -0.1) is 11.3 Å². The van der Waals surface area contributed by atoms with E-state index in [1.807, 2.05) is 13.1 Å². The third kappa shape index (κ3) is 3.59. The number of esters is 1. The maximum absolute atomic E-state index is 12.4. The molecule has 0 bridgehead atoms. The summed E-state index contributed by atoms with van der Waals surface area (Å²) >= 11 is 1.64. The molecule has 1 aromatic carbocycles. The summed E-state index contributed by atoms with van der Waals surface area (Å²) in [6, 6.07) is 8.37. The molecule has 1 aromatic heterocycles. The predicted molar refractivity (Wildman–Crippen MR) is 100.0 cm³/mol. The van der Waals surface area contributed by atoms with Crippen molar-refractivity contribution < 1.29 is 9.53 Å². The van der Waals surface area contributed by atoms with Crippen LogP contribution in [0.4, 0.5) is 5.00 Å². The van der Waals surface area contributed by atoms with Gasteiger partial charge in [-0.2, -0.15) is 0 Å². The van der Waals surface area contributed by atoms with Gasteiger partial charge in [0.25, 0.3) is 0 Å². The Kier molecular flexibility index (Phi) is 5.46. The first-order chi connectivity index (χ1) is 11.7. The van der Waals surface area contributed by atoms with Gasteiger partial charge in [0, 0.05) is 11.1 Å². The molecule has 0 N–H and O–H groups in total. The number of benzene rings is 1. The molecule has 0 atom stereocenters. The van der Waals surface area contributed by atoms with E-state index >= 15 is 0 Å². The van der Waals surface area contributed by atoms with Crippen molar-refractivity contribution >= 4 is 28.5 Å². The van der Waals surface area contributed by atoms with Crippen molar-refractivity contribution in [1.82, 2.24) is 0 Å². The van der Waals surface area contributed by atoms with Crippen molar-refractivity contribution in [2.45, 2.75) is 46.0 Å². The molecular formula is C20H23NO2S.